The molecule has 0 atom stereocenters. The summed E-state index contributed by atoms with van der Waals surface area (Å²) in [6.45, 7) is 4.70. The van der Waals surface area contributed by atoms with Crippen molar-refractivity contribution >= 4 is 11.7 Å². The average molecular weight is 342 g/mol. The molecule has 6 heteroatoms. The standard InChI is InChI=1S/C19H26N4O2/c1-13-10-14(2)23(22-13)12-15-4-3-5-17(11-15)21-19(25)20-16-6-8-18(24)9-7-16/h3-5,10-11,16,18,24H,6-9,12H2,1-2H3,(H2,20,21,25). The van der Waals surface area contributed by atoms with Crippen LogP contribution in [-0.4, -0.2) is 33.1 Å². The first kappa shape index (κ1) is 17.5. The minimum absolute atomic E-state index is 0.140. The topological polar surface area (TPSA) is 79.2 Å². The number of carbonyl (C=O) groups excluding carboxylic acids is 1. The number of aliphatic hydroxyl groups excluding tert-OH is 1. The summed E-state index contributed by atoms with van der Waals surface area (Å²) in [6, 6.07) is 9.83. The zero-order valence-corrected chi connectivity index (χ0v) is 14.8. The number of aromatic nitrogens is 2. The molecular formula is C19H26N4O2. The third-order valence-corrected chi connectivity index (χ3v) is 4.65. The summed E-state index contributed by atoms with van der Waals surface area (Å²) in [5.74, 6) is 0. The number of rotatable bonds is 4. The highest BCUT2D eigenvalue weighted by Crippen LogP contribution is 2.19. The van der Waals surface area contributed by atoms with E-state index in [0.29, 0.717) is 6.54 Å². The molecule has 1 aliphatic carbocycles. The maximum atomic E-state index is 12.2. The Labute approximate surface area is 148 Å². The van der Waals surface area contributed by atoms with Gasteiger partial charge in [-0.25, -0.2) is 4.79 Å². The summed E-state index contributed by atoms with van der Waals surface area (Å²) in [7, 11) is 0. The van der Waals surface area contributed by atoms with Crippen LogP contribution >= 0.6 is 0 Å². The molecule has 3 rings (SSSR count). The second kappa shape index (κ2) is 7.70. The molecule has 1 aromatic heterocycles. The number of hydrogen-bond donors (Lipinski definition) is 3. The number of urea groups is 1. The lowest BCUT2D eigenvalue weighted by molar-refractivity contribution is 0.118. The van der Waals surface area contributed by atoms with Gasteiger partial charge in [0.25, 0.3) is 0 Å². The van der Waals surface area contributed by atoms with Crippen molar-refractivity contribution in [2.75, 3.05) is 5.32 Å². The average Bonchev–Trinajstić information content (AvgIpc) is 2.87. The Hall–Kier alpha value is -2.34. The lowest BCUT2D eigenvalue weighted by Crippen LogP contribution is -2.40. The van der Waals surface area contributed by atoms with Crippen molar-refractivity contribution in [3.05, 3.63) is 47.3 Å². The van der Waals surface area contributed by atoms with Gasteiger partial charge in [0.2, 0.25) is 0 Å². The summed E-state index contributed by atoms with van der Waals surface area (Å²) in [5.41, 5.74) is 3.98. The number of aliphatic hydroxyl groups is 1. The molecule has 1 fully saturated rings. The Bertz CT molecular complexity index is 733. The SMILES string of the molecule is Cc1cc(C)n(Cc2cccc(NC(=O)NC3CCC(O)CC3)c2)n1. The van der Waals surface area contributed by atoms with Crippen LogP contribution in [0, 0.1) is 13.8 Å². The fourth-order valence-electron chi connectivity index (χ4n) is 3.33. The van der Waals surface area contributed by atoms with Gasteiger partial charge >= 0.3 is 6.03 Å². The molecule has 1 saturated carbocycles. The molecule has 1 aliphatic rings. The Balaban J connectivity index is 1.57. The maximum absolute atomic E-state index is 12.2. The number of anilines is 1. The maximum Gasteiger partial charge on any atom is 0.319 e. The summed E-state index contributed by atoms with van der Waals surface area (Å²) in [5, 5.41) is 19.9. The Morgan fingerprint density at radius 3 is 2.68 bits per heavy atom. The predicted octanol–water partition coefficient (Wildman–Crippen LogP) is 2.97. The van der Waals surface area contributed by atoms with Gasteiger partial charge in [0.15, 0.2) is 0 Å². The van der Waals surface area contributed by atoms with Crippen LogP contribution in [0.1, 0.15) is 42.6 Å². The Kier molecular flexibility index (Phi) is 5.38. The van der Waals surface area contributed by atoms with E-state index >= 15 is 0 Å². The smallest absolute Gasteiger partial charge is 0.319 e. The molecule has 2 amide bonds. The number of amides is 2. The first-order chi connectivity index (χ1) is 12.0. The van der Waals surface area contributed by atoms with Crippen molar-refractivity contribution < 1.29 is 9.90 Å². The molecular weight excluding hydrogens is 316 g/mol. The highest BCUT2D eigenvalue weighted by atomic mass is 16.3. The third kappa shape index (κ3) is 4.82. The zero-order valence-electron chi connectivity index (χ0n) is 14.8. The molecule has 25 heavy (non-hydrogen) atoms. The van der Waals surface area contributed by atoms with Gasteiger partial charge < -0.3 is 15.7 Å². The fraction of sp³-hybridized carbons (Fsp3) is 0.474. The second-order valence-electron chi connectivity index (χ2n) is 6.89. The largest absolute Gasteiger partial charge is 0.393 e. The lowest BCUT2D eigenvalue weighted by Gasteiger charge is -2.26. The van der Waals surface area contributed by atoms with Gasteiger partial charge in [-0.3, -0.25) is 4.68 Å². The van der Waals surface area contributed by atoms with E-state index in [1.807, 2.05) is 42.8 Å². The van der Waals surface area contributed by atoms with E-state index in [0.717, 1.165) is 48.3 Å². The zero-order chi connectivity index (χ0) is 17.8. The van der Waals surface area contributed by atoms with E-state index in [1.165, 1.54) is 0 Å². The highest BCUT2D eigenvalue weighted by Gasteiger charge is 2.20. The van der Waals surface area contributed by atoms with Gasteiger partial charge in [-0.1, -0.05) is 12.1 Å². The molecule has 3 N–H and O–H groups in total. The van der Waals surface area contributed by atoms with E-state index in [1.54, 1.807) is 0 Å². The molecule has 134 valence electrons. The van der Waals surface area contributed by atoms with E-state index in [4.69, 9.17) is 0 Å². The number of carbonyl (C=O) groups is 1. The molecule has 6 nitrogen and oxygen atoms in total. The minimum atomic E-state index is -0.216. The molecule has 0 saturated heterocycles. The van der Waals surface area contributed by atoms with Crippen molar-refractivity contribution in [1.82, 2.24) is 15.1 Å². The van der Waals surface area contributed by atoms with Crippen LogP contribution in [0.4, 0.5) is 10.5 Å². The van der Waals surface area contributed by atoms with Gasteiger partial charge in [-0.05, 0) is 63.3 Å². The number of hydrogen-bond acceptors (Lipinski definition) is 3. The normalized spacial score (nSPS) is 20.3. The molecule has 0 spiro atoms. The Morgan fingerprint density at radius 2 is 2.00 bits per heavy atom. The van der Waals surface area contributed by atoms with Gasteiger partial charge in [-0.15, -0.1) is 0 Å². The van der Waals surface area contributed by atoms with Crippen LogP contribution in [0.5, 0.6) is 0 Å². The highest BCUT2D eigenvalue weighted by molar-refractivity contribution is 5.89. The lowest BCUT2D eigenvalue weighted by atomic mass is 9.93. The molecule has 0 radical (unpaired) electrons. The van der Waals surface area contributed by atoms with Crippen molar-refractivity contribution in [2.45, 2.75) is 58.2 Å². The summed E-state index contributed by atoms with van der Waals surface area (Å²) in [4.78, 5) is 12.2. The number of nitrogens with one attached hydrogen (secondary N) is 2. The van der Waals surface area contributed by atoms with Gasteiger partial charge in [0, 0.05) is 17.4 Å². The van der Waals surface area contributed by atoms with Crippen LogP contribution in [0.15, 0.2) is 30.3 Å². The quantitative estimate of drug-likeness (QED) is 0.799. The van der Waals surface area contributed by atoms with Gasteiger partial charge in [0.05, 0.1) is 18.3 Å². The second-order valence-corrected chi connectivity index (χ2v) is 6.89. The monoisotopic (exact) mass is 342 g/mol. The molecule has 0 aliphatic heterocycles. The van der Waals surface area contributed by atoms with E-state index in [2.05, 4.69) is 21.8 Å². The van der Waals surface area contributed by atoms with Crippen LogP contribution in [0.2, 0.25) is 0 Å². The van der Waals surface area contributed by atoms with Crippen molar-refractivity contribution in [3.8, 4) is 0 Å². The van der Waals surface area contributed by atoms with E-state index < -0.39 is 0 Å². The number of aryl methyl sites for hydroxylation is 2. The number of benzene rings is 1. The predicted molar refractivity (Wildman–Crippen MR) is 97.7 cm³/mol. The molecule has 0 bridgehead atoms. The van der Waals surface area contributed by atoms with Gasteiger partial charge in [-0.2, -0.15) is 5.10 Å². The van der Waals surface area contributed by atoms with Crippen molar-refractivity contribution in [1.29, 1.82) is 0 Å². The third-order valence-electron chi connectivity index (χ3n) is 4.65. The van der Waals surface area contributed by atoms with E-state index in [-0.39, 0.29) is 18.2 Å². The molecule has 1 heterocycles. The molecule has 1 aromatic carbocycles. The van der Waals surface area contributed by atoms with Crippen LogP contribution in [0.3, 0.4) is 0 Å². The van der Waals surface area contributed by atoms with Gasteiger partial charge in [0.1, 0.15) is 0 Å². The van der Waals surface area contributed by atoms with Crippen LogP contribution in [0.25, 0.3) is 0 Å². The Morgan fingerprint density at radius 1 is 1.24 bits per heavy atom. The van der Waals surface area contributed by atoms with Crippen LogP contribution in [-0.2, 0) is 6.54 Å². The molecule has 0 unspecified atom stereocenters. The first-order valence-electron chi connectivity index (χ1n) is 8.85. The minimum Gasteiger partial charge on any atom is -0.393 e. The summed E-state index contributed by atoms with van der Waals surface area (Å²) in [6.07, 6.45) is 2.94. The van der Waals surface area contributed by atoms with Crippen molar-refractivity contribution in [3.63, 3.8) is 0 Å². The van der Waals surface area contributed by atoms with E-state index in [9.17, 15) is 9.90 Å². The number of nitrogens with zero attached hydrogens (tertiary/aromatic N) is 2. The molecule has 2 aromatic rings. The van der Waals surface area contributed by atoms with Crippen molar-refractivity contribution in [2.24, 2.45) is 0 Å². The fourth-order valence-corrected chi connectivity index (χ4v) is 3.33. The summed E-state index contributed by atoms with van der Waals surface area (Å²) >= 11 is 0. The summed E-state index contributed by atoms with van der Waals surface area (Å²) < 4.78 is 1.96. The van der Waals surface area contributed by atoms with Crippen LogP contribution < -0.4 is 10.6 Å². The first-order valence-corrected chi connectivity index (χ1v) is 8.85.